The number of Topliss-reactive ketones (excluding diaryl/α,β-unsaturated/α-hetero) is 1. The highest BCUT2D eigenvalue weighted by Crippen LogP contribution is 2.24. The molecular weight excluding hydrogens is 378 g/mol. The minimum atomic E-state index is -0.942. The van der Waals surface area contributed by atoms with Crippen LogP contribution in [0.25, 0.3) is 11.1 Å². The number of nitrogens with zero attached hydrogens (tertiary/aromatic N) is 3. The van der Waals surface area contributed by atoms with Crippen LogP contribution in [0.2, 0.25) is 0 Å². The van der Waals surface area contributed by atoms with Crippen LogP contribution in [0.4, 0.5) is 0 Å². The Bertz CT molecular complexity index is 1020. The van der Waals surface area contributed by atoms with E-state index in [4.69, 9.17) is 0 Å². The predicted octanol–water partition coefficient (Wildman–Crippen LogP) is 5.02. The first-order chi connectivity index (χ1) is 14.5. The maximum absolute atomic E-state index is 12.3. The average molecular weight is 405 g/mol. The van der Waals surface area contributed by atoms with Gasteiger partial charge in [0.2, 0.25) is 11.6 Å². The Hall–Kier alpha value is -3.28. The molecule has 0 atom stereocenters. The van der Waals surface area contributed by atoms with Gasteiger partial charge in [-0.1, -0.05) is 62.7 Å². The zero-order valence-electron chi connectivity index (χ0n) is 17.5. The Morgan fingerprint density at radius 2 is 1.73 bits per heavy atom. The molecule has 0 aliphatic rings. The fourth-order valence-electron chi connectivity index (χ4n) is 3.37. The number of carboxylic acids is 1. The van der Waals surface area contributed by atoms with Gasteiger partial charge in [-0.2, -0.15) is 0 Å². The van der Waals surface area contributed by atoms with Crippen molar-refractivity contribution in [1.82, 2.24) is 14.8 Å². The number of hydrogen-bond donors (Lipinski definition) is 1. The van der Waals surface area contributed by atoms with Gasteiger partial charge in [0.1, 0.15) is 5.82 Å². The lowest BCUT2D eigenvalue weighted by molar-refractivity contribution is 0.0697. The Morgan fingerprint density at radius 3 is 2.40 bits per heavy atom. The van der Waals surface area contributed by atoms with Gasteiger partial charge < -0.3 is 5.11 Å². The lowest BCUT2D eigenvalue weighted by Crippen LogP contribution is -2.06. The van der Waals surface area contributed by atoms with Gasteiger partial charge in [0.05, 0.1) is 5.56 Å². The van der Waals surface area contributed by atoms with E-state index in [0.29, 0.717) is 30.8 Å². The largest absolute Gasteiger partial charge is 0.478 e. The second kappa shape index (κ2) is 9.96. The number of unbranched alkanes of at least 4 members (excludes halogenated alkanes) is 1. The molecule has 1 aromatic heterocycles. The molecule has 2 aromatic carbocycles. The molecule has 156 valence electrons. The number of carbonyl (C=O) groups excluding carboxylic acids is 1. The topological polar surface area (TPSA) is 85.1 Å². The van der Waals surface area contributed by atoms with Gasteiger partial charge in [0, 0.05) is 19.4 Å². The molecule has 0 aliphatic heterocycles. The first kappa shape index (κ1) is 21.4. The zero-order chi connectivity index (χ0) is 21.5. The molecule has 0 saturated heterocycles. The smallest absolute Gasteiger partial charge is 0.336 e. The Morgan fingerprint density at radius 1 is 1.00 bits per heavy atom. The number of carbonyl (C=O) groups is 2. The maximum atomic E-state index is 12.3. The van der Waals surface area contributed by atoms with Gasteiger partial charge in [-0.25, -0.2) is 14.5 Å². The van der Waals surface area contributed by atoms with Crippen molar-refractivity contribution >= 4 is 11.8 Å². The van der Waals surface area contributed by atoms with E-state index in [2.05, 4.69) is 23.9 Å². The summed E-state index contributed by atoms with van der Waals surface area (Å²) in [6.07, 6.45) is 3.75. The number of aryl methyl sites for hydroxylation is 1. The summed E-state index contributed by atoms with van der Waals surface area (Å²) in [5, 5.41) is 13.8. The summed E-state index contributed by atoms with van der Waals surface area (Å²) in [5.74, 6) is 0.130. The standard InChI is InChI=1S/C24H27N3O3/c1-3-5-10-21(28)23-25-22(27(26-23)15-4-2)16-17-11-13-18(14-12-17)19-8-6-7-9-20(19)24(29)30/h6-9,11-14H,3-5,10,15-16H2,1-2H3,(H,29,30). The molecule has 1 heterocycles. The normalized spacial score (nSPS) is 10.9. The highest BCUT2D eigenvalue weighted by atomic mass is 16.4. The van der Waals surface area contributed by atoms with E-state index in [0.717, 1.165) is 36.2 Å². The van der Waals surface area contributed by atoms with Gasteiger partial charge in [-0.15, -0.1) is 5.10 Å². The third-order valence-electron chi connectivity index (χ3n) is 4.98. The van der Waals surface area contributed by atoms with Crippen LogP contribution in [0.5, 0.6) is 0 Å². The van der Waals surface area contributed by atoms with Crippen molar-refractivity contribution < 1.29 is 14.7 Å². The van der Waals surface area contributed by atoms with E-state index in [1.165, 1.54) is 0 Å². The molecule has 0 saturated carbocycles. The summed E-state index contributed by atoms with van der Waals surface area (Å²) in [4.78, 5) is 28.3. The number of carboxylic acid groups (broad SMARTS) is 1. The molecule has 0 radical (unpaired) electrons. The Kier molecular flexibility index (Phi) is 7.12. The van der Waals surface area contributed by atoms with Crippen LogP contribution < -0.4 is 0 Å². The van der Waals surface area contributed by atoms with Crippen LogP contribution in [-0.4, -0.2) is 31.6 Å². The van der Waals surface area contributed by atoms with Gasteiger partial charge >= 0.3 is 5.97 Å². The van der Waals surface area contributed by atoms with Gasteiger partial charge in [0.15, 0.2) is 0 Å². The van der Waals surface area contributed by atoms with Crippen LogP contribution in [0.3, 0.4) is 0 Å². The second-order valence-electron chi connectivity index (χ2n) is 7.33. The lowest BCUT2D eigenvalue weighted by atomic mass is 9.98. The highest BCUT2D eigenvalue weighted by molar-refractivity contribution is 5.96. The molecule has 3 aromatic rings. The SMILES string of the molecule is CCCCC(=O)c1nc(Cc2ccc(-c3ccccc3C(=O)O)cc2)n(CCC)n1. The molecule has 0 amide bonds. The molecule has 0 spiro atoms. The van der Waals surface area contributed by atoms with Crippen molar-refractivity contribution in [2.45, 2.75) is 52.5 Å². The van der Waals surface area contributed by atoms with Crippen molar-refractivity contribution in [3.63, 3.8) is 0 Å². The van der Waals surface area contributed by atoms with E-state index in [1.807, 2.05) is 41.1 Å². The summed E-state index contributed by atoms with van der Waals surface area (Å²) in [7, 11) is 0. The van der Waals surface area contributed by atoms with Crippen LogP contribution in [0.1, 0.15) is 71.9 Å². The summed E-state index contributed by atoms with van der Waals surface area (Å²) < 4.78 is 1.83. The summed E-state index contributed by atoms with van der Waals surface area (Å²) in [6.45, 7) is 4.84. The minimum Gasteiger partial charge on any atom is -0.478 e. The van der Waals surface area contributed by atoms with Crippen LogP contribution in [0, 0.1) is 0 Å². The highest BCUT2D eigenvalue weighted by Gasteiger charge is 2.16. The minimum absolute atomic E-state index is 0.00595. The van der Waals surface area contributed by atoms with Gasteiger partial charge in [-0.05, 0) is 35.6 Å². The van der Waals surface area contributed by atoms with Crippen molar-refractivity contribution in [2.24, 2.45) is 0 Å². The maximum Gasteiger partial charge on any atom is 0.336 e. The number of aromatic nitrogens is 3. The van der Waals surface area contributed by atoms with Crippen LogP contribution in [0.15, 0.2) is 48.5 Å². The van der Waals surface area contributed by atoms with Crippen molar-refractivity contribution in [2.75, 3.05) is 0 Å². The number of aromatic carboxylic acids is 1. The van der Waals surface area contributed by atoms with Crippen LogP contribution in [-0.2, 0) is 13.0 Å². The molecule has 6 nitrogen and oxygen atoms in total. The quantitative estimate of drug-likeness (QED) is 0.479. The van der Waals surface area contributed by atoms with E-state index < -0.39 is 5.97 Å². The fourth-order valence-corrected chi connectivity index (χ4v) is 3.37. The third kappa shape index (κ3) is 5.00. The predicted molar refractivity (Wildman–Crippen MR) is 116 cm³/mol. The molecule has 0 unspecified atom stereocenters. The molecular formula is C24H27N3O3. The first-order valence-corrected chi connectivity index (χ1v) is 10.4. The van der Waals surface area contributed by atoms with E-state index in [9.17, 15) is 14.7 Å². The van der Waals surface area contributed by atoms with Gasteiger partial charge in [-0.3, -0.25) is 4.79 Å². The van der Waals surface area contributed by atoms with E-state index >= 15 is 0 Å². The summed E-state index contributed by atoms with van der Waals surface area (Å²) in [6, 6.07) is 14.8. The fraction of sp³-hybridized carbons (Fsp3) is 0.333. The first-order valence-electron chi connectivity index (χ1n) is 10.4. The van der Waals surface area contributed by atoms with E-state index in [1.54, 1.807) is 12.1 Å². The van der Waals surface area contributed by atoms with Gasteiger partial charge in [0.25, 0.3) is 0 Å². The molecule has 0 bridgehead atoms. The summed E-state index contributed by atoms with van der Waals surface area (Å²) >= 11 is 0. The molecule has 6 heteroatoms. The molecule has 0 fully saturated rings. The number of benzene rings is 2. The lowest BCUT2D eigenvalue weighted by Gasteiger charge is -2.08. The summed E-state index contributed by atoms with van der Waals surface area (Å²) in [5.41, 5.74) is 2.85. The zero-order valence-corrected chi connectivity index (χ0v) is 17.5. The van der Waals surface area contributed by atoms with Crippen molar-refractivity contribution in [3.8, 4) is 11.1 Å². The molecule has 0 aliphatic carbocycles. The number of hydrogen-bond acceptors (Lipinski definition) is 4. The van der Waals surface area contributed by atoms with E-state index in [-0.39, 0.29) is 11.3 Å². The second-order valence-corrected chi connectivity index (χ2v) is 7.33. The Labute approximate surface area is 176 Å². The Balaban J connectivity index is 1.82. The molecule has 30 heavy (non-hydrogen) atoms. The third-order valence-corrected chi connectivity index (χ3v) is 4.98. The number of ketones is 1. The molecule has 1 N–H and O–H groups in total. The monoisotopic (exact) mass is 405 g/mol. The number of rotatable bonds is 10. The molecule has 3 rings (SSSR count). The van der Waals surface area contributed by atoms with Crippen molar-refractivity contribution in [1.29, 1.82) is 0 Å². The van der Waals surface area contributed by atoms with Crippen molar-refractivity contribution in [3.05, 3.63) is 71.3 Å². The van der Waals surface area contributed by atoms with Crippen LogP contribution >= 0.6 is 0 Å². The average Bonchev–Trinajstić information content (AvgIpc) is 3.15.